The molecule has 0 bridgehead atoms. The summed E-state index contributed by atoms with van der Waals surface area (Å²) in [5.41, 5.74) is 0.168. The number of aromatic nitrogens is 2. The molecule has 0 saturated heterocycles. The summed E-state index contributed by atoms with van der Waals surface area (Å²) in [4.78, 5) is 11.2. The molecule has 2 N–H and O–H groups in total. The van der Waals surface area contributed by atoms with Gasteiger partial charge in [-0.2, -0.15) is 9.82 Å². The van der Waals surface area contributed by atoms with Gasteiger partial charge in [-0.3, -0.25) is 9.48 Å². The van der Waals surface area contributed by atoms with Crippen LogP contribution in [0.5, 0.6) is 0 Å². The van der Waals surface area contributed by atoms with Gasteiger partial charge in [0.1, 0.15) is 6.04 Å². The van der Waals surface area contributed by atoms with Crippen LogP contribution in [0.2, 0.25) is 0 Å². The highest BCUT2D eigenvalue weighted by Gasteiger charge is 2.27. The van der Waals surface area contributed by atoms with Crippen LogP contribution in [-0.2, 0) is 21.9 Å². The fourth-order valence-electron chi connectivity index (χ4n) is 1.53. The maximum absolute atomic E-state index is 12.0. The van der Waals surface area contributed by atoms with E-state index in [0.29, 0.717) is 12.0 Å². The van der Waals surface area contributed by atoms with Gasteiger partial charge < -0.3 is 5.11 Å². The Kier molecular flexibility index (Phi) is 4.93. The number of nitrogens with zero attached hydrogens (tertiary/aromatic N) is 2. The molecule has 1 heterocycles. The summed E-state index contributed by atoms with van der Waals surface area (Å²) in [6, 6.07) is -1.31. The summed E-state index contributed by atoms with van der Waals surface area (Å²) in [6.45, 7) is 5.79. The molecule has 0 aromatic carbocycles. The molecule has 0 fully saturated rings. The van der Waals surface area contributed by atoms with Crippen LogP contribution < -0.4 is 4.72 Å². The second-order valence-corrected chi connectivity index (χ2v) is 7.84. The molecule has 0 radical (unpaired) electrons. The van der Waals surface area contributed by atoms with E-state index in [9.17, 15) is 13.2 Å². The van der Waals surface area contributed by atoms with Gasteiger partial charge in [0.05, 0.1) is 11.9 Å². The minimum Gasteiger partial charge on any atom is -0.480 e. The summed E-state index contributed by atoms with van der Waals surface area (Å²) in [5, 5.41) is 13.0. The van der Waals surface area contributed by atoms with Gasteiger partial charge in [-0.1, -0.05) is 20.8 Å². The molecule has 0 aliphatic carbocycles. The second-order valence-electron chi connectivity index (χ2n) is 5.97. The monoisotopic (exact) mass is 303 g/mol. The Labute approximate surface area is 119 Å². The fraction of sp³-hybridized carbons (Fsp3) is 0.667. The number of carboxylic acids is 1. The van der Waals surface area contributed by atoms with Crippen molar-refractivity contribution in [2.45, 2.75) is 33.2 Å². The standard InChI is InChI=1S/C12H21N3O4S/c1-12(2,3)5-6-20(18,19)14-10(11(16)17)9-7-13-15(4)8-9/h7-8,10,14H,5-6H2,1-4H3,(H,16,17). The van der Waals surface area contributed by atoms with Crippen molar-refractivity contribution >= 4 is 16.0 Å². The van der Waals surface area contributed by atoms with E-state index >= 15 is 0 Å². The van der Waals surface area contributed by atoms with Gasteiger partial charge in [0.15, 0.2) is 0 Å². The molecule has 7 nitrogen and oxygen atoms in total. The highest BCUT2D eigenvalue weighted by molar-refractivity contribution is 7.89. The highest BCUT2D eigenvalue weighted by atomic mass is 32.2. The first-order chi connectivity index (χ1) is 9.00. The lowest BCUT2D eigenvalue weighted by Crippen LogP contribution is -2.36. The topological polar surface area (TPSA) is 101 Å². The van der Waals surface area contributed by atoms with Gasteiger partial charge in [-0.15, -0.1) is 0 Å². The number of aryl methyl sites for hydroxylation is 1. The zero-order chi connectivity index (χ0) is 15.6. The third-order valence-corrected chi connectivity index (χ3v) is 4.06. The first kappa shape index (κ1) is 16.6. The maximum Gasteiger partial charge on any atom is 0.326 e. The summed E-state index contributed by atoms with van der Waals surface area (Å²) < 4.78 is 27.6. The van der Waals surface area contributed by atoms with E-state index < -0.39 is 22.0 Å². The van der Waals surface area contributed by atoms with Crippen LogP contribution in [0.4, 0.5) is 0 Å². The van der Waals surface area contributed by atoms with E-state index in [1.807, 2.05) is 20.8 Å². The number of carbonyl (C=O) groups is 1. The van der Waals surface area contributed by atoms with Gasteiger partial charge in [0.2, 0.25) is 10.0 Å². The Bertz CT molecular complexity index is 572. The lowest BCUT2D eigenvalue weighted by Gasteiger charge is -2.19. The Morgan fingerprint density at radius 2 is 2.10 bits per heavy atom. The fourth-order valence-corrected chi connectivity index (χ4v) is 3.12. The average molecular weight is 303 g/mol. The van der Waals surface area contributed by atoms with E-state index in [1.165, 1.54) is 17.1 Å². The van der Waals surface area contributed by atoms with E-state index in [4.69, 9.17) is 5.11 Å². The molecule has 0 amide bonds. The lowest BCUT2D eigenvalue weighted by molar-refractivity contribution is -0.139. The summed E-state index contributed by atoms with van der Waals surface area (Å²) >= 11 is 0. The number of sulfonamides is 1. The third kappa shape index (κ3) is 5.30. The van der Waals surface area contributed by atoms with Crippen LogP contribution in [0.3, 0.4) is 0 Å². The molecule has 1 aromatic rings. The Morgan fingerprint density at radius 3 is 2.50 bits per heavy atom. The summed E-state index contributed by atoms with van der Waals surface area (Å²) in [7, 11) is -2.03. The predicted octanol–water partition coefficient (Wildman–Crippen LogP) is 0.901. The number of hydrogen-bond donors (Lipinski definition) is 2. The molecule has 1 atom stereocenters. The van der Waals surface area contributed by atoms with Crippen molar-refractivity contribution in [3.05, 3.63) is 18.0 Å². The zero-order valence-corrected chi connectivity index (χ0v) is 12.9. The molecular formula is C12H21N3O4S. The van der Waals surface area contributed by atoms with Gasteiger partial charge in [0, 0.05) is 18.8 Å². The van der Waals surface area contributed by atoms with Gasteiger partial charge in [0.25, 0.3) is 0 Å². The highest BCUT2D eigenvalue weighted by Crippen LogP contribution is 2.20. The first-order valence-corrected chi connectivity index (χ1v) is 7.87. The van der Waals surface area contributed by atoms with Gasteiger partial charge in [-0.25, -0.2) is 8.42 Å². The van der Waals surface area contributed by atoms with Crippen molar-refractivity contribution in [3.8, 4) is 0 Å². The molecule has 114 valence electrons. The van der Waals surface area contributed by atoms with Crippen LogP contribution in [0.1, 0.15) is 38.8 Å². The number of carboxylic acid groups (broad SMARTS) is 1. The molecule has 0 spiro atoms. The largest absolute Gasteiger partial charge is 0.480 e. The first-order valence-electron chi connectivity index (χ1n) is 6.21. The van der Waals surface area contributed by atoms with E-state index in [-0.39, 0.29) is 11.2 Å². The van der Waals surface area contributed by atoms with Crippen LogP contribution in [0.15, 0.2) is 12.4 Å². The van der Waals surface area contributed by atoms with Crippen molar-refractivity contribution in [3.63, 3.8) is 0 Å². The van der Waals surface area contributed by atoms with Crippen LogP contribution in [0.25, 0.3) is 0 Å². The van der Waals surface area contributed by atoms with Crippen molar-refractivity contribution in [1.82, 2.24) is 14.5 Å². The Balaban J connectivity index is 2.83. The smallest absolute Gasteiger partial charge is 0.326 e. The zero-order valence-electron chi connectivity index (χ0n) is 12.1. The number of hydrogen-bond acceptors (Lipinski definition) is 4. The normalized spacial score (nSPS) is 14.2. The van der Waals surface area contributed by atoms with Crippen molar-refractivity contribution in [1.29, 1.82) is 0 Å². The molecule has 1 aromatic heterocycles. The van der Waals surface area contributed by atoms with E-state index in [2.05, 4.69) is 9.82 Å². The molecule has 0 saturated carbocycles. The van der Waals surface area contributed by atoms with Gasteiger partial charge >= 0.3 is 5.97 Å². The maximum atomic E-state index is 12.0. The minimum atomic E-state index is -3.67. The quantitative estimate of drug-likeness (QED) is 0.813. The predicted molar refractivity (Wildman–Crippen MR) is 74.6 cm³/mol. The molecule has 0 aliphatic rings. The SMILES string of the molecule is Cn1cc(C(NS(=O)(=O)CCC(C)(C)C)C(=O)O)cn1. The second kappa shape index (κ2) is 5.92. The molecule has 0 aliphatic heterocycles. The number of rotatable bonds is 6. The molecule has 8 heteroatoms. The van der Waals surface area contributed by atoms with Crippen molar-refractivity contribution in [2.75, 3.05) is 5.75 Å². The molecular weight excluding hydrogens is 282 g/mol. The third-order valence-electron chi connectivity index (χ3n) is 2.72. The van der Waals surface area contributed by atoms with E-state index in [1.54, 1.807) is 7.05 Å². The van der Waals surface area contributed by atoms with Crippen LogP contribution in [0, 0.1) is 5.41 Å². The Hall–Kier alpha value is -1.41. The number of nitrogens with one attached hydrogen (secondary N) is 1. The van der Waals surface area contributed by atoms with Crippen molar-refractivity contribution < 1.29 is 18.3 Å². The molecule has 1 rings (SSSR count). The lowest BCUT2D eigenvalue weighted by atomic mass is 9.94. The van der Waals surface area contributed by atoms with Gasteiger partial charge in [-0.05, 0) is 11.8 Å². The molecule has 1 unspecified atom stereocenters. The summed E-state index contributed by atoms with van der Waals surface area (Å²) in [5.74, 6) is -1.36. The van der Waals surface area contributed by atoms with Crippen LogP contribution >= 0.6 is 0 Å². The summed E-state index contributed by atoms with van der Waals surface area (Å²) in [6.07, 6.45) is 3.26. The number of aliphatic carboxylic acids is 1. The van der Waals surface area contributed by atoms with E-state index in [0.717, 1.165) is 0 Å². The minimum absolute atomic E-state index is 0.111. The van der Waals surface area contributed by atoms with Crippen molar-refractivity contribution in [2.24, 2.45) is 12.5 Å². The Morgan fingerprint density at radius 1 is 1.50 bits per heavy atom. The molecule has 20 heavy (non-hydrogen) atoms. The average Bonchev–Trinajstić information content (AvgIpc) is 2.69. The van der Waals surface area contributed by atoms with Crippen LogP contribution in [-0.4, -0.2) is 35.0 Å².